The van der Waals surface area contributed by atoms with Crippen LogP contribution < -0.4 is 5.32 Å². The van der Waals surface area contributed by atoms with Crippen LogP contribution in [0.25, 0.3) is 0 Å². The SMILES string of the molecule is Cn1cc(S(=O)(=O)N2CCCCC2)cc1C(=O)NC1CCCCC1. The Labute approximate surface area is 144 Å². The summed E-state index contributed by atoms with van der Waals surface area (Å²) in [6, 6.07) is 1.73. The van der Waals surface area contributed by atoms with Crippen LogP contribution in [0, 0.1) is 0 Å². The lowest BCUT2D eigenvalue weighted by Crippen LogP contribution is -2.37. The number of amides is 1. The van der Waals surface area contributed by atoms with Crippen molar-refractivity contribution in [3.63, 3.8) is 0 Å². The van der Waals surface area contributed by atoms with Gasteiger partial charge in [-0.05, 0) is 31.7 Å². The van der Waals surface area contributed by atoms with Gasteiger partial charge in [0.2, 0.25) is 10.0 Å². The Morgan fingerprint density at radius 1 is 1.08 bits per heavy atom. The van der Waals surface area contributed by atoms with E-state index < -0.39 is 10.0 Å². The molecule has 1 amide bonds. The Kier molecular flexibility index (Phi) is 5.30. The molecule has 24 heavy (non-hydrogen) atoms. The molecule has 6 nitrogen and oxygen atoms in total. The van der Waals surface area contributed by atoms with Crippen LogP contribution >= 0.6 is 0 Å². The number of carbonyl (C=O) groups is 1. The van der Waals surface area contributed by atoms with Crippen molar-refractivity contribution in [2.45, 2.75) is 62.3 Å². The number of hydrogen-bond donors (Lipinski definition) is 1. The summed E-state index contributed by atoms with van der Waals surface area (Å²) in [5.74, 6) is -0.176. The Hall–Kier alpha value is -1.34. The molecule has 1 aliphatic heterocycles. The summed E-state index contributed by atoms with van der Waals surface area (Å²) in [6.07, 6.45) is 9.98. The molecule has 1 saturated heterocycles. The number of piperidine rings is 1. The zero-order valence-corrected chi connectivity index (χ0v) is 15.1. The van der Waals surface area contributed by atoms with Crippen LogP contribution in [0.3, 0.4) is 0 Å². The lowest BCUT2D eigenvalue weighted by Gasteiger charge is -2.25. The predicted octanol–water partition coefficient (Wildman–Crippen LogP) is 2.26. The van der Waals surface area contributed by atoms with Gasteiger partial charge in [-0.15, -0.1) is 0 Å². The molecular formula is C17H27N3O3S. The third-order valence-electron chi connectivity index (χ3n) is 5.11. The van der Waals surface area contributed by atoms with Crippen molar-refractivity contribution in [2.24, 2.45) is 7.05 Å². The number of aromatic nitrogens is 1. The maximum absolute atomic E-state index is 12.7. The minimum atomic E-state index is -3.50. The van der Waals surface area contributed by atoms with Crippen molar-refractivity contribution >= 4 is 15.9 Å². The second-order valence-electron chi connectivity index (χ2n) is 6.95. The van der Waals surface area contributed by atoms with E-state index in [1.807, 2.05) is 0 Å². The van der Waals surface area contributed by atoms with Gasteiger partial charge in [0.15, 0.2) is 0 Å². The number of hydrogen-bond acceptors (Lipinski definition) is 3. The molecule has 3 rings (SSSR count). The van der Waals surface area contributed by atoms with Crippen molar-refractivity contribution in [3.05, 3.63) is 18.0 Å². The molecule has 0 unspecified atom stereocenters. The summed E-state index contributed by atoms with van der Waals surface area (Å²) < 4.78 is 28.6. The number of nitrogens with zero attached hydrogens (tertiary/aromatic N) is 2. The fourth-order valence-corrected chi connectivity index (χ4v) is 5.25. The van der Waals surface area contributed by atoms with Gasteiger partial charge in [-0.3, -0.25) is 4.79 Å². The first-order chi connectivity index (χ1) is 11.5. The zero-order chi connectivity index (χ0) is 17.2. The topological polar surface area (TPSA) is 71.4 Å². The molecule has 1 saturated carbocycles. The van der Waals surface area contributed by atoms with Crippen LogP contribution in [0.2, 0.25) is 0 Å². The van der Waals surface area contributed by atoms with Gasteiger partial charge in [-0.1, -0.05) is 25.7 Å². The Bertz CT molecular complexity index is 684. The molecule has 1 aromatic heterocycles. The van der Waals surface area contributed by atoms with E-state index in [0.29, 0.717) is 18.8 Å². The second-order valence-corrected chi connectivity index (χ2v) is 8.88. The maximum atomic E-state index is 12.7. The molecule has 1 N–H and O–H groups in total. The van der Waals surface area contributed by atoms with Gasteiger partial charge < -0.3 is 9.88 Å². The number of rotatable bonds is 4. The van der Waals surface area contributed by atoms with E-state index in [4.69, 9.17) is 0 Å². The first kappa shape index (κ1) is 17.5. The van der Waals surface area contributed by atoms with E-state index in [0.717, 1.165) is 44.9 Å². The van der Waals surface area contributed by atoms with Crippen molar-refractivity contribution in [3.8, 4) is 0 Å². The van der Waals surface area contributed by atoms with Crippen molar-refractivity contribution < 1.29 is 13.2 Å². The van der Waals surface area contributed by atoms with Gasteiger partial charge >= 0.3 is 0 Å². The highest BCUT2D eigenvalue weighted by atomic mass is 32.2. The van der Waals surface area contributed by atoms with Crippen LogP contribution in [-0.2, 0) is 17.1 Å². The summed E-state index contributed by atoms with van der Waals surface area (Å²) in [5.41, 5.74) is 0.413. The molecule has 0 atom stereocenters. The van der Waals surface area contributed by atoms with Crippen LogP contribution in [0.15, 0.2) is 17.2 Å². The van der Waals surface area contributed by atoms with Gasteiger partial charge in [0.05, 0.1) is 0 Å². The molecule has 0 aromatic carbocycles. The number of nitrogens with one attached hydrogen (secondary N) is 1. The van der Waals surface area contributed by atoms with Crippen molar-refractivity contribution in [2.75, 3.05) is 13.1 Å². The third-order valence-corrected chi connectivity index (χ3v) is 6.97. The average molecular weight is 353 g/mol. The molecule has 0 spiro atoms. The lowest BCUT2D eigenvalue weighted by atomic mass is 9.95. The summed E-state index contributed by atoms with van der Waals surface area (Å²) in [6.45, 7) is 1.14. The summed E-state index contributed by atoms with van der Waals surface area (Å²) >= 11 is 0. The molecule has 1 aliphatic carbocycles. The fourth-order valence-electron chi connectivity index (χ4n) is 3.66. The first-order valence-corrected chi connectivity index (χ1v) is 10.4. The van der Waals surface area contributed by atoms with Crippen LogP contribution in [0.4, 0.5) is 0 Å². The number of aryl methyl sites for hydroxylation is 1. The van der Waals surface area contributed by atoms with Crippen LogP contribution in [0.1, 0.15) is 61.9 Å². The highest BCUT2D eigenvalue weighted by Gasteiger charge is 2.29. The monoisotopic (exact) mass is 353 g/mol. The molecule has 2 aliphatic rings. The predicted molar refractivity (Wildman–Crippen MR) is 92.4 cm³/mol. The van der Waals surface area contributed by atoms with Crippen molar-refractivity contribution in [1.82, 2.24) is 14.2 Å². The third kappa shape index (κ3) is 3.67. The zero-order valence-electron chi connectivity index (χ0n) is 14.3. The molecule has 0 radical (unpaired) electrons. The lowest BCUT2D eigenvalue weighted by molar-refractivity contribution is 0.0919. The highest BCUT2D eigenvalue weighted by Crippen LogP contribution is 2.23. The molecule has 2 heterocycles. The molecular weight excluding hydrogens is 326 g/mol. The normalized spacial score (nSPS) is 20.9. The smallest absolute Gasteiger partial charge is 0.268 e. The molecule has 7 heteroatoms. The molecule has 134 valence electrons. The second kappa shape index (κ2) is 7.27. The van der Waals surface area contributed by atoms with E-state index >= 15 is 0 Å². The standard InChI is InChI=1S/C17H27N3O3S/c1-19-13-15(24(22,23)20-10-6-3-7-11-20)12-16(19)17(21)18-14-8-4-2-5-9-14/h12-14H,2-11H2,1H3,(H,18,21). The minimum Gasteiger partial charge on any atom is -0.348 e. The van der Waals surface area contributed by atoms with E-state index in [1.165, 1.54) is 16.8 Å². The van der Waals surface area contributed by atoms with E-state index in [2.05, 4.69) is 5.32 Å². The van der Waals surface area contributed by atoms with Crippen LogP contribution in [0.5, 0.6) is 0 Å². The highest BCUT2D eigenvalue weighted by molar-refractivity contribution is 7.89. The fraction of sp³-hybridized carbons (Fsp3) is 0.706. The van der Waals surface area contributed by atoms with Gasteiger partial charge in [-0.2, -0.15) is 4.31 Å². The summed E-state index contributed by atoms with van der Waals surface area (Å²) in [7, 11) is -1.77. The Morgan fingerprint density at radius 3 is 2.38 bits per heavy atom. The van der Waals surface area contributed by atoms with Gasteiger partial charge in [0.1, 0.15) is 10.6 Å². The van der Waals surface area contributed by atoms with E-state index in [1.54, 1.807) is 17.8 Å². The molecule has 0 bridgehead atoms. The van der Waals surface area contributed by atoms with E-state index in [-0.39, 0.29) is 16.8 Å². The summed E-state index contributed by atoms with van der Waals surface area (Å²) in [4.78, 5) is 12.7. The Morgan fingerprint density at radius 2 is 1.71 bits per heavy atom. The number of sulfonamides is 1. The summed E-state index contributed by atoms with van der Waals surface area (Å²) in [5, 5.41) is 3.05. The quantitative estimate of drug-likeness (QED) is 0.902. The van der Waals surface area contributed by atoms with Gasteiger partial charge in [0, 0.05) is 32.4 Å². The van der Waals surface area contributed by atoms with Gasteiger partial charge in [0.25, 0.3) is 5.91 Å². The number of carbonyl (C=O) groups excluding carboxylic acids is 1. The minimum absolute atomic E-state index is 0.176. The molecule has 1 aromatic rings. The van der Waals surface area contributed by atoms with Crippen molar-refractivity contribution in [1.29, 1.82) is 0 Å². The van der Waals surface area contributed by atoms with Crippen LogP contribution in [-0.4, -0.2) is 42.3 Å². The van der Waals surface area contributed by atoms with Gasteiger partial charge in [-0.25, -0.2) is 8.42 Å². The average Bonchev–Trinajstić information content (AvgIpc) is 2.99. The largest absolute Gasteiger partial charge is 0.348 e. The van der Waals surface area contributed by atoms with E-state index in [9.17, 15) is 13.2 Å². The maximum Gasteiger partial charge on any atom is 0.268 e. The molecule has 2 fully saturated rings. The first-order valence-electron chi connectivity index (χ1n) is 8.96. The Balaban J connectivity index is 1.75.